The van der Waals surface area contributed by atoms with Gasteiger partial charge in [-0.3, -0.25) is 4.98 Å². The molecule has 0 bridgehead atoms. The van der Waals surface area contributed by atoms with E-state index in [0.29, 0.717) is 22.5 Å². The van der Waals surface area contributed by atoms with Crippen LogP contribution in [0.2, 0.25) is 5.02 Å². The van der Waals surface area contributed by atoms with Gasteiger partial charge in [0, 0.05) is 39.6 Å². The Bertz CT molecular complexity index is 745. The molecular formula is C17H15ClN2OS. The Hall–Kier alpha value is -1.49. The summed E-state index contributed by atoms with van der Waals surface area (Å²) in [4.78, 5) is 5.28. The van der Waals surface area contributed by atoms with Gasteiger partial charge < -0.3 is 10.1 Å². The highest BCUT2D eigenvalue weighted by Crippen LogP contribution is 2.44. The summed E-state index contributed by atoms with van der Waals surface area (Å²) in [6, 6.07) is 9.84. The number of fused-ring (bicyclic) bond motifs is 1. The molecule has 1 aliphatic heterocycles. The van der Waals surface area contributed by atoms with Crippen molar-refractivity contribution in [3.05, 3.63) is 58.4 Å². The number of nitrogens with one attached hydrogen (secondary N) is 1. The van der Waals surface area contributed by atoms with Crippen molar-refractivity contribution >= 4 is 34.5 Å². The molecule has 1 fully saturated rings. The number of aromatic nitrogens is 1. The molecule has 2 aliphatic rings. The van der Waals surface area contributed by atoms with Crippen LogP contribution in [0.5, 0.6) is 0 Å². The second-order valence-corrected chi connectivity index (χ2v) is 6.65. The number of ether oxygens (including phenoxy) is 1. The first-order valence-electron chi connectivity index (χ1n) is 7.38. The number of thiocarbonyl (C=S) groups is 1. The Morgan fingerprint density at radius 2 is 2.09 bits per heavy atom. The normalized spacial score (nSPS) is 21.0. The first kappa shape index (κ1) is 14.1. The van der Waals surface area contributed by atoms with E-state index in [4.69, 9.17) is 28.6 Å². The van der Waals surface area contributed by atoms with Crippen LogP contribution in [0.4, 0.5) is 5.69 Å². The zero-order valence-electron chi connectivity index (χ0n) is 11.9. The minimum Gasteiger partial charge on any atom is -0.362 e. The summed E-state index contributed by atoms with van der Waals surface area (Å²) in [7, 11) is 0. The molecule has 1 saturated carbocycles. The largest absolute Gasteiger partial charge is 0.362 e. The Labute approximate surface area is 139 Å². The third kappa shape index (κ3) is 2.62. The second kappa shape index (κ2) is 5.61. The SMILES string of the molecule is S=C1CO[C@H](c2cccnc2C2CC2)c2cc(Cl)ccc2N1. The fourth-order valence-corrected chi connectivity index (χ4v) is 3.26. The van der Waals surface area contributed by atoms with E-state index in [2.05, 4.69) is 16.4 Å². The average Bonchev–Trinajstić information content (AvgIpc) is 3.35. The molecule has 1 aliphatic carbocycles. The predicted octanol–water partition coefficient (Wildman–Crippen LogP) is 4.47. The monoisotopic (exact) mass is 330 g/mol. The van der Waals surface area contributed by atoms with Gasteiger partial charge >= 0.3 is 0 Å². The van der Waals surface area contributed by atoms with E-state index < -0.39 is 0 Å². The van der Waals surface area contributed by atoms with Crippen LogP contribution in [-0.4, -0.2) is 16.6 Å². The average molecular weight is 331 g/mol. The number of anilines is 1. The minimum atomic E-state index is -0.189. The summed E-state index contributed by atoms with van der Waals surface area (Å²) in [5.74, 6) is 0.561. The standard InChI is InChI=1S/C17H15ClN2OS/c18-11-5-6-14-13(8-11)17(21-9-15(22)20-14)12-2-1-7-19-16(12)10-3-4-10/h1-2,5-8,10,17H,3-4,9H2,(H,20,22)/t17-/m1/s1. The molecule has 1 atom stereocenters. The maximum atomic E-state index is 6.20. The van der Waals surface area contributed by atoms with Crippen LogP contribution in [0.3, 0.4) is 0 Å². The van der Waals surface area contributed by atoms with Crippen LogP contribution < -0.4 is 5.32 Å². The van der Waals surface area contributed by atoms with Gasteiger partial charge in [0.1, 0.15) is 11.1 Å². The van der Waals surface area contributed by atoms with Crippen LogP contribution >= 0.6 is 23.8 Å². The number of halogens is 1. The molecule has 5 heteroatoms. The second-order valence-electron chi connectivity index (χ2n) is 5.72. The highest BCUT2D eigenvalue weighted by molar-refractivity contribution is 7.80. The zero-order chi connectivity index (χ0) is 15.1. The van der Waals surface area contributed by atoms with Gasteiger partial charge in [0.2, 0.25) is 0 Å². The fraction of sp³-hybridized carbons (Fsp3) is 0.294. The lowest BCUT2D eigenvalue weighted by molar-refractivity contribution is 0.115. The lowest BCUT2D eigenvalue weighted by Gasteiger charge is -2.20. The molecule has 0 amide bonds. The van der Waals surface area contributed by atoms with E-state index in [9.17, 15) is 0 Å². The molecule has 1 aromatic carbocycles. The zero-order valence-corrected chi connectivity index (χ0v) is 13.5. The van der Waals surface area contributed by atoms with Crippen molar-refractivity contribution in [2.45, 2.75) is 24.9 Å². The lowest BCUT2D eigenvalue weighted by atomic mass is 9.97. The van der Waals surface area contributed by atoms with E-state index in [1.54, 1.807) is 0 Å². The molecule has 3 nitrogen and oxygen atoms in total. The van der Waals surface area contributed by atoms with Gasteiger partial charge in [0.25, 0.3) is 0 Å². The van der Waals surface area contributed by atoms with Crippen molar-refractivity contribution in [2.24, 2.45) is 0 Å². The molecule has 4 rings (SSSR count). The third-order valence-corrected chi connectivity index (χ3v) is 4.52. The summed E-state index contributed by atoms with van der Waals surface area (Å²) in [6.07, 6.45) is 4.08. The van der Waals surface area contributed by atoms with Crippen molar-refractivity contribution in [1.29, 1.82) is 0 Å². The summed E-state index contributed by atoms with van der Waals surface area (Å²) in [6.45, 7) is 0.394. The summed E-state index contributed by atoms with van der Waals surface area (Å²) in [5.41, 5.74) is 4.25. The van der Waals surface area contributed by atoms with E-state index in [1.165, 1.54) is 12.8 Å². The minimum absolute atomic E-state index is 0.189. The van der Waals surface area contributed by atoms with Crippen LogP contribution in [0.25, 0.3) is 0 Å². The van der Waals surface area contributed by atoms with Crippen LogP contribution in [0, 0.1) is 0 Å². The number of rotatable bonds is 2. The number of nitrogens with zero attached hydrogens (tertiary/aromatic N) is 1. The predicted molar refractivity (Wildman–Crippen MR) is 91.7 cm³/mol. The molecule has 0 saturated heterocycles. The van der Waals surface area contributed by atoms with Gasteiger partial charge in [-0.25, -0.2) is 0 Å². The molecule has 0 spiro atoms. The first-order valence-corrected chi connectivity index (χ1v) is 8.16. The summed E-state index contributed by atoms with van der Waals surface area (Å²) >= 11 is 11.5. The van der Waals surface area contributed by atoms with E-state index in [-0.39, 0.29) is 6.10 Å². The number of pyridine rings is 1. The quantitative estimate of drug-likeness (QED) is 0.824. The van der Waals surface area contributed by atoms with Crippen molar-refractivity contribution in [3.8, 4) is 0 Å². The van der Waals surface area contributed by atoms with E-state index in [1.807, 2.05) is 30.5 Å². The van der Waals surface area contributed by atoms with Gasteiger partial charge in [-0.2, -0.15) is 0 Å². The molecule has 1 N–H and O–H groups in total. The van der Waals surface area contributed by atoms with Gasteiger partial charge in [-0.05, 0) is 37.1 Å². The number of hydrogen-bond acceptors (Lipinski definition) is 3. The molecule has 1 aromatic heterocycles. The Kier molecular flexibility index (Phi) is 3.60. The molecule has 2 aromatic rings. The number of benzene rings is 1. The summed E-state index contributed by atoms with van der Waals surface area (Å²) < 4.78 is 6.10. The van der Waals surface area contributed by atoms with Crippen molar-refractivity contribution in [2.75, 3.05) is 11.9 Å². The third-order valence-electron chi connectivity index (χ3n) is 4.07. The smallest absolute Gasteiger partial charge is 0.112 e. The Morgan fingerprint density at radius 3 is 2.91 bits per heavy atom. The Balaban J connectivity index is 1.85. The van der Waals surface area contributed by atoms with Gasteiger partial charge in [0.15, 0.2) is 0 Å². The van der Waals surface area contributed by atoms with Crippen molar-refractivity contribution in [3.63, 3.8) is 0 Å². The number of hydrogen-bond donors (Lipinski definition) is 1. The molecule has 2 heterocycles. The molecule has 0 unspecified atom stereocenters. The molecule has 112 valence electrons. The Morgan fingerprint density at radius 1 is 1.23 bits per heavy atom. The van der Waals surface area contributed by atoms with E-state index in [0.717, 1.165) is 22.5 Å². The van der Waals surface area contributed by atoms with E-state index >= 15 is 0 Å². The van der Waals surface area contributed by atoms with Gasteiger partial charge in [0.05, 0.1) is 6.61 Å². The molecule has 22 heavy (non-hydrogen) atoms. The fourth-order valence-electron chi connectivity index (χ4n) is 2.91. The summed E-state index contributed by atoms with van der Waals surface area (Å²) in [5, 5.41) is 3.93. The van der Waals surface area contributed by atoms with Crippen LogP contribution in [0.1, 0.15) is 41.7 Å². The lowest BCUT2D eigenvalue weighted by Crippen LogP contribution is -2.14. The molecular weight excluding hydrogens is 316 g/mol. The van der Waals surface area contributed by atoms with Crippen molar-refractivity contribution < 1.29 is 4.74 Å². The van der Waals surface area contributed by atoms with Gasteiger partial charge in [-0.1, -0.05) is 29.9 Å². The maximum Gasteiger partial charge on any atom is 0.112 e. The first-order chi connectivity index (χ1) is 10.7. The van der Waals surface area contributed by atoms with Crippen LogP contribution in [-0.2, 0) is 4.74 Å². The molecule has 0 radical (unpaired) electrons. The highest BCUT2D eigenvalue weighted by Gasteiger charge is 2.32. The maximum absolute atomic E-state index is 6.20. The van der Waals surface area contributed by atoms with Crippen LogP contribution in [0.15, 0.2) is 36.5 Å². The van der Waals surface area contributed by atoms with Gasteiger partial charge in [-0.15, -0.1) is 0 Å². The topological polar surface area (TPSA) is 34.1 Å². The highest BCUT2D eigenvalue weighted by atomic mass is 35.5. The van der Waals surface area contributed by atoms with Crippen molar-refractivity contribution in [1.82, 2.24) is 4.98 Å².